The highest BCUT2D eigenvalue weighted by atomic mass is 32.1. The van der Waals surface area contributed by atoms with Crippen LogP contribution in [-0.2, 0) is 0 Å². The quantitative estimate of drug-likeness (QED) is 0.825. The molecule has 2 atom stereocenters. The van der Waals surface area contributed by atoms with Gasteiger partial charge in [-0.2, -0.15) is 0 Å². The number of ether oxygens (including phenoxy) is 1. The first kappa shape index (κ1) is 13.8. The molecule has 3 N–H and O–H groups in total. The van der Waals surface area contributed by atoms with E-state index >= 15 is 0 Å². The number of benzene rings is 1. The minimum Gasteiger partial charge on any atom is -0.497 e. The van der Waals surface area contributed by atoms with Crippen LogP contribution in [0.2, 0.25) is 0 Å². The monoisotopic (exact) mass is 278 g/mol. The highest BCUT2D eigenvalue weighted by Gasteiger charge is 2.30. The first-order chi connectivity index (χ1) is 9.11. The Labute approximate surface area is 118 Å². The van der Waals surface area contributed by atoms with Gasteiger partial charge in [0.05, 0.1) is 12.1 Å². The maximum Gasteiger partial charge on any atom is 0.251 e. The molecule has 0 aliphatic heterocycles. The summed E-state index contributed by atoms with van der Waals surface area (Å²) in [5.74, 6) is 0.682. The predicted octanol–water partition coefficient (Wildman–Crippen LogP) is 1.88. The van der Waals surface area contributed by atoms with Crippen molar-refractivity contribution in [2.24, 2.45) is 11.7 Å². The number of nitrogens with one attached hydrogen (secondary N) is 1. The fraction of sp³-hybridized carbons (Fsp3) is 0.429. The van der Waals surface area contributed by atoms with Gasteiger partial charge in [0, 0.05) is 17.5 Å². The summed E-state index contributed by atoms with van der Waals surface area (Å²) in [4.78, 5) is 12.7. The SMILES string of the molecule is COc1cccc(C(=O)NC2CCCC2C(N)=S)c1. The number of methoxy groups -OCH3 is 1. The zero-order chi connectivity index (χ0) is 13.8. The topological polar surface area (TPSA) is 64.3 Å². The van der Waals surface area contributed by atoms with Crippen molar-refractivity contribution in [2.75, 3.05) is 7.11 Å². The van der Waals surface area contributed by atoms with Crippen LogP contribution in [0.3, 0.4) is 0 Å². The molecule has 0 bridgehead atoms. The number of thiocarbonyl (C=S) groups is 1. The number of nitrogens with two attached hydrogens (primary N) is 1. The summed E-state index contributed by atoms with van der Waals surface area (Å²) >= 11 is 5.05. The molecule has 0 radical (unpaired) electrons. The molecule has 1 aromatic carbocycles. The summed E-state index contributed by atoms with van der Waals surface area (Å²) in [6, 6.07) is 7.15. The molecule has 0 aromatic heterocycles. The first-order valence-electron chi connectivity index (χ1n) is 6.36. The Morgan fingerprint density at radius 1 is 1.47 bits per heavy atom. The third-order valence-corrected chi connectivity index (χ3v) is 3.83. The molecule has 4 nitrogen and oxygen atoms in total. The largest absolute Gasteiger partial charge is 0.497 e. The van der Waals surface area contributed by atoms with E-state index in [4.69, 9.17) is 22.7 Å². The Morgan fingerprint density at radius 3 is 2.95 bits per heavy atom. The van der Waals surface area contributed by atoms with Crippen LogP contribution in [0, 0.1) is 5.92 Å². The zero-order valence-corrected chi connectivity index (χ0v) is 11.7. The van der Waals surface area contributed by atoms with E-state index in [9.17, 15) is 4.79 Å². The Hall–Kier alpha value is -1.62. The number of rotatable bonds is 4. The van der Waals surface area contributed by atoms with Gasteiger partial charge in [-0.05, 0) is 31.0 Å². The third-order valence-electron chi connectivity index (χ3n) is 3.53. The fourth-order valence-corrected chi connectivity index (χ4v) is 2.77. The van der Waals surface area contributed by atoms with Gasteiger partial charge in [0.1, 0.15) is 5.75 Å². The van der Waals surface area contributed by atoms with Crippen molar-refractivity contribution in [3.05, 3.63) is 29.8 Å². The van der Waals surface area contributed by atoms with Gasteiger partial charge in [0.25, 0.3) is 5.91 Å². The van der Waals surface area contributed by atoms with E-state index in [1.165, 1.54) is 0 Å². The molecule has 19 heavy (non-hydrogen) atoms. The Bertz CT molecular complexity index is 490. The van der Waals surface area contributed by atoms with E-state index < -0.39 is 0 Å². The van der Waals surface area contributed by atoms with Gasteiger partial charge < -0.3 is 15.8 Å². The van der Waals surface area contributed by atoms with Gasteiger partial charge >= 0.3 is 0 Å². The summed E-state index contributed by atoms with van der Waals surface area (Å²) in [5.41, 5.74) is 6.30. The molecule has 1 aliphatic carbocycles. The average Bonchev–Trinajstić information content (AvgIpc) is 2.87. The smallest absolute Gasteiger partial charge is 0.251 e. The molecule has 0 saturated heterocycles. The molecule has 1 amide bonds. The van der Waals surface area contributed by atoms with Gasteiger partial charge in [-0.1, -0.05) is 24.7 Å². The molecule has 0 spiro atoms. The fourth-order valence-electron chi connectivity index (χ4n) is 2.49. The number of hydrogen-bond donors (Lipinski definition) is 2. The number of hydrogen-bond acceptors (Lipinski definition) is 3. The van der Waals surface area contributed by atoms with Crippen LogP contribution in [0.4, 0.5) is 0 Å². The lowest BCUT2D eigenvalue weighted by Gasteiger charge is -2.20. The van der Waals surface area contributed by atoms with E-state index in [1.54, 1.807) is 25.3 Å². The van der Waals surface area contributed by atoms with Crippen LogP contribution in [0.15, 0.2) is 24.3 Å². The highest BCUT2D eigenvalue weighted by Crippen LogP contribution is 2.26. The second-order valence-electron chi connectivity index (χ2n) is 4.75. The molecular weight excluding hydrogens is 260 g/mol. The molecule has 2 unspecified atom stereocenters. The van der Waals surface area contributed by atoms with E-state index in [2.05, 4.69) is 5.32 Å². The van der Waals surface area contributed by atoms with Gasteiger partial charge in [-0.3, -0.25) is 4.79 Å². The Kier molecular flexibility index (Phi) is 4.37. The summed E-state index contributed by atoms with van der Waals surface area (Å²) in [5, 5.41) is 3.02. The van der Waals surface area contributed by atoms with Crippen LogP contribution in [0.5, 0.6) is 5.75 Å². The molecule has 5 heteroatoms. The van der Waals surface area contributed by atoms with Gasteiger partial charge in [0.15, 0.2) is 0 Å². The van der Waals surface area contributed by atoms with Crippen molar-refractivity contribution in [3.8, 4) is 5.75 Å². The Balaban J connectivity index is 2.06. The van der Waals surface area contributed by atoms with Crippen molar-refractivity contribution < 1.29 is 9.53 Å². The maximum atomic E-state index is 12.2. The molecular formula is C14H18N2O2S. The highest BCUT2D eigenvalue weighted by molar-refractivity contribution is 7.80. The van der Waals surface area contributed by atoms with Gasteiger partial charge in [-0.25, -0.2) is 0 Å². The number of amides is 1. The molecule has 102 valence electrons. The Morgan fingerprint density at radius 2 is 2.26 bits per heavy atom. The minimum atomic E-state index is -0.105. The molecule has 1 aromatic rings. The normalized spacial score (nSPS) is 21.9. The first-order valence-corrected chi connectivity index (χ1v) is 6.77. The van der Waals surface area contributed by atoms with Crippen molar-refractivity contribution >= 4 is 23.1 Å². The zero-order valence-electron chi connectivity index (χ0n) is 10.9. The van der Waals surface area contributed by atoms with E-state index in [0.29, 0.717) is 16.3 Å². The molecule has 1 aliphatic rings. The lowest BCUT2D eigenvalue weighted by Crippen LogP contribution is -2.41. The molecule has 1 saturated carbocycles. The lowest BCUT2D eigenvalue weighted by molar-refractivity contribution is 0.0933. The van der Waals surface area contributed by atoms with E-state index in [1.807, 2.05) is 6.07 Å². The second kappa shape index (κ2) is 6.02. The van der Waals surface area contributed by atoms with Crippen LogP contribution >= 0.6 is 12.2 Å². The second-order valence-corrected chi connectivity index (χ2v) is 5.22. The number of carbonyl (C=O) groups excluding carboxylic acids is 1. The maximum absolute atomic E-state index is 12.2. The van der Waals surface area contributed by atoms with Crippen molar-refractivity contribution in [1.29, 1.82) is 0 Å². The van der Waals surface area contributed by atoms with Crippen LogP contribution in [-0.4, -0.2) is 24.0 Å². The predicted molar refractivity (Wildman–Crippen MR) is 78.4 cm³/mol. The summed E-state index contributed by atoms with van der Waals surface area (Å²) < 4.78 is 5.11. The molecule has 1 fully saturated rings. The van der Waals surface area contributed by atoms with Crippen molar-refractivity contribution in [3.63, 3.8) is 0 Å². The average molecular weight is 278 g/mol. The summed E-state index contributed by atoms with van der Waals surface area (Å²) in [6.07, 6.45) is 2.93. The minimum absolute atomic E-state index is 0.0520. The van der Waals surface area contributed by atoms with Gasteiger partial charge in [-0.15, -0.1) is 0 Å². The summed E-state index contributed by atoms with van der Waals surface area (Å²) in [6.45, 7) is 0. The van der Waals surface area contributed by atoms with Crippen LogP contribution < -0.4 is 15.8 Å². The summed E-state index contributed by atoms with van der Waals surface area (Å²) in [7, 11) is 1.58. The standard InChI is InChI=1S/C14H18N2O2S/c1-18-10-5-2-4-9(8-10)14(17)16-12-7-3-6-11(12)13(15)19/h2,4-5,8,11-12H,3,6-7H2,1H3,(H2,15,19)(H,16,17). The van der Waals surface area contributed by atoms with Gasteiger partial charge in [0.2, 0.25) is 0 Å². The third kappa shape index (κ3) is 3.23. The van der Waals surface area contributed by atoms with E-state index in [0.717, 1.165) is 19.3 Å². The van der Waals surface area contributed by atoms with E-state index in [-0.39, 0.29) is 17.9 Å². The van der Waals surface area contributed by atoms with Crippen molar-refractivity contribution in [1.82, 2.24) is 5.32 Å². The lowest BCUT2D eigenvalue weighted by atomic mass is 10.0. The van der Waals surface area contributed by atoms with Crippen LogP contribution in [0.1, 0.15) is 29.6 Å². The molecule has 2 rings (SSSR count). The molecule has 0 heterocycles. The van der Waals surface area contributed by atoms with Crippen LogP contribution in [0.25, 0.3) is 0 Å². The number of carbonyl (C=O) groups is 1. The van der Waals surface area contributed by atoms with Crippen molar-refractivity contribution in [2.45, 2.75) is 25.3 Å².